The van der Waals surface area contributed by atoms with Gasteiger partial charge in [0.05, 0.1) is 0 Å². The Kier molecular flexibility index (Phi) is 5.23. The third-order valence-corrected chi connectivity index (χ3v) is 2.76. The Bertz CT molecular complexity index is 291. The fourth-order valence-corrected chi connectivity index (χ4v) is 1.74. The summed E-state index contributed by atoms with van der Waals surface area (Å²) in [5, 5.41) is 9.69. The van der Waals surface area contributed by atoms with Gasteiger partial charge in [0.1, 0.15) is 5.75 Å². The Labute approximate surface area is 93.1 Å². The van der Waals surface area contributed by atoms with Crippen LogP contribution in [0, 0.1) is 0 Å². The predicted octanol–water partition coefficient (Wildman–Crippen LogP) is 4.08. The zero-order valence-electron chi connectivity index (χ0n) is 9.92. The van der Waals surface area contributed by atoms with Crippen LogP contribution in [0.25, 0.3) is 0 Å². The Balaban J connectivity index is 2.66. The molecule has 0 saturated heterocycles. The predicted molar refractivity (Wildman–Crippen MR) is 65.3 cm³/mol. The van der Waals surface area contributed by atoms with E-state index in [0.29, 0.717) is 5.75 Å². The standard InChI is InChI=1S/C14H22O/c1-3-5-7-12-9-10-14(15)13(11-12)8-6-4-2/h9-11,15H,3-8H2,1-2H3. The summed E-state index contributed by atoms with van der Waals surface area (Å²) in [6, 6.07) is 6.05. The number of hydrogen-bond acceptors (Lipinski definition) is 1. The van der Waals surface area contributed by atoms with Crippen molar-refractivity contribution in [3.05, 3.63) is 29.3 Å². The Hall–Kier alpha value is -0.980. The van der Waals surface area contributed by atoms with E-state index < -0.39 is 0 Å². The molecule has 0 heterocycles. The van der Waals surface area contributed by atoms with Crippen molar-refractivity contribution in [2.24, 2.45) is 0 Å². The van der Waals surface area contributed by atoms with Gasteiger partial charge in [0.25, 0.3) is 0 Å². The van der Waals surface area contributed by atoms with Gasteiger partial charge in [-0.2, -0.15) is 0 Å². The molecule has 1 nitrogen and oxygen atoms in total. The van der Waals surface area contributed by atoms with Gasteiger partial charge in [0.2, 0.25) is 0 Å². The topological polar surface area (TPSA) is 20.2 Å². The van der Waals surface area contributed by atoms with Crippen molar-refractivity contribution in [3.8, 4) is 5.75 Å². The lowest BCUT2D eigenvalue weighted by Gasteiger charge is -2.07. The highest BCUT2D eigenvalue weighted by Gasteiger charge is 2.02. The van der Waals surface area contributed by atoms with Crippen LogP contribution in [0.1, 0.15) is 50.7 Å². The van der Waals surface area contributed by atoms with Gasteiger partial charge >= 0.3 is 0 Å². The smallest absolute Gasteiger partial charge is 0.118 e. The van der Waals surface area contributed by atoms with Gasteiger partial charge < -0.3 is 5.11 Å². The zero-order chi connectivity index (χ0) is 11.1. The summed E-state index contributed by atoms with van der Waals surface area (Å²) in [7, 11) is 0. The molecule has 0 radical (unpaired) electrons. The molecule has 1 heteroatoms. The molecule has 1 N–H and O–H groups in total. The van der Waals surface area contributed by atoms with Crippen molar-refractivity contribution in [2.45, 2.75) is 52.4 Å². The SMILES string of the molecule is CCCCc1ccc(O)c(CCCC)c1. The summed E-state index contributed by atoms with van der Waals surface area (Å²) in [5.41, 5.74) is 2.48. The lowest BCUT2D eigenvalue weighted by Crippen LogP contribution is -1.90. The van der Waals surface area contributed by atoms with Crippen molar-refractivity contribution in [3.63, 3.8) is 0 Å². The summed E-state index contributed by atoms with van der Waals surface area (Å²) >= 11 is 0. The molecule has 1 rings (SSSR count). The maximum atomic E-state index is 9.69. The number of benzene rings is 1. The van der Waals surface area contributed by atoms with E-state index >= 15 is 0 Å². The highest BCUT2D eigenvalue weighted by molar-refractivity contribution is 5.36. The van der Waals surface area contributed by atoms with Crippen molar-refractivity contribution >= 4 is 0 Å². The van der Waals surface area contributed by atoms with Crippen LogP contribution in [0.4, 0.5) is 0 Å². The summed E-state index contributed by atoms with van der Waals surface area (Å²) in [6.45, 7) is 4.39. The lowest BCUT2D eigenvalue weighted by atomic mass is 10.0. The second-order valence-electron chi connectivity index (χ2n) is 4.17. The average Bonchev–Trinajstić information content (AvgIpc) is 2.26. The second kappa shape index (κ2) is 6.49. The number of unbranched alkanes of at least 4 members (excludes halogenated alkanes) is 2. The van der Waals surface area contributed by atoms with E-state index in [2.05, 4.69) is 19.9 Å². The third kappa shape index (κ3) is 3.94. The minimum absolute atomic E-state index is 0.462. The first-order valence-corrected chi connectivity index (χ1v) is 6.08. The van der Waals surface area contributed by atoms with Crippen LogP contribution in [0.5, 0.6) is 5.75 Å². The maximum Gasteiger partial charge on any atom is 0.118 e. The molecule has 0 spiro atoms. The van der Waals surface area contributed by atoms with E-state index in [4.69, 9.17) is 0 Å². The largest absolute Gasteiger partial charge is 0.508 e. The number of phenols is 1. The average molecular weight is 206 g/mol. The van der Waals surface area contributed by atoms with Crippen molar-refractivity contribution in [1.82, 2.24) is 0 Å². The highest BCUT2D eigenvalue weighted by Crippen LogP contribution is 2.21. The normalized spacial score (nSPS) is 10.5. The first-order chi connectivity index (χ1) is 7.27. The summed E-state index contributed by atoms with van der Waals surface area (Å²) in [6.07, 6.45) is 6.94. The Morgan fingerprint density at radius 1 is 1.00 bits per heavy atom. The summed E-state index contributed by atoms with van der Waals surface area (Å²) < 4.78 is 0. The van der Waals surface area contributed by atoms with Crippen LogP contribution < -0.4 is 0 Å². The lowest BCUT2D eigenvalue weighted by molar-refractivity contribution is 0.466. The van der Waals surface area contributed by atoms with Crippen LogP contribution in [0.15, 0.2) is 18.2 Å². The molecular formula is C14H22O. The molecule has 0 aromatic heterocycles. The molecule has 0 saturated carbocycles. The zero-order valence-corrected chi connectivity index (χ0v) is 9.92. The number of aromatic hydroxyl groups is 1. The molecule has 0 unspecified atom stereocenters. The van der Waals surface area contributed by atoms with Gasteiger partial charge in [0, 0.05) is 0 Å². The van der Waals surface area contributed by atoms with Crippen LogP contribution in [0.2, 0.25) is 0 Å². The van der Waals surface area contributed by atoms with E-state index in [1.54, 1.807) is 0 Å². The molecule has 0 atom stereocenters. The van der Waals surface area contributed by atoms with Crippen LogP contribution in [0.3, 0.4) is 0 Å². The Morgan fingerprint density at radius 3 is 2.33 bits per heavy atom. The minimum atomic E-state index is 0.462. The monoisotopic (exact) mass is 206 g/mol. The molecule has 84 valence electrons. The first kappa shape index (κ1) is 12.1. The third-order valence-electron chi connectivity index (χ3n) is 2.76. The van der Waals surface area contributed by atoms with Crippen molar-refractivity contribution in [2.75, 3.05) is 0 Å². The van der Waals surface area contributed by atoms with Gasteiger partial charge in [-0.1, -0.05) is 38.8 Å². The van der Waals surface area contributed by atoms with Crippen LogP contribution >= 0.6 is 0 Å². The summed E-state index contributed by atoms with van der Waals surface area (Å²) in [5.74, 6) is 0.462. The second-order valence-corrected chi connectivity index (χ2v) is 4.17. The van der Waals surface area contributed by atoms with E-state index in [0.717, 1.165) is 24.8 Å². The molecule has 1 aromatic rings. The van der Waals surface area contributed by atoms with Gasteiger partial charge in [-0.25, -0.2) is 0 Å². The van der Waals surface area contributed by atoms with Crippen LogP contribution in [-0.4, -0.2) is 5.11 Å². The Morgan fingerprint density at radius 2 is 1.67 bits per heavy atom. The summed E-state index contributed by atoms with van der Waals surface area (Å²) in [4.78, 5) is 0. The molecule has 0 fully saturated rings. The fraction of sp³-hybridized carbons (Fsp3) is 0.571. The highest BCUT2D eigenvalue weighted by atomic mass is 16.3. The van der Waals surface area contributed by atoms with Gasteiger partial charge in [-0.15, -0.1) is 0 Å². The molecule has 0 aliphatic heterocycles. The van der Waals surface area contributed by atoms with Crippen LogP contribution in [-0.2, 0) is 12.8 Å². The van der Waals surface area contributed by atoms with Crippen molar-refractivity contribution in [1.29, 1.82) is 0 Å². The number of aryl methyl sites for hydroxylation is 2. The van der Waals surface area contributed by atoms with E-state index in [1.165, 1.54) is 24.8 Å². The van der Waals surface area contributed by atoms with Gasteiger partial charge in [0.15, 0.2) is 0 Å². The molecule has 15 heavy (non-hydrogen) atoms. The quantitative estimate of drug-likeness (QED) is 0.743. The molecule has 0 bridgehead atoms. The minimum Gasteiger partial charge on any atom is -0.508 e. The maximum absolute atomic E-state index is 9.69. The number of rotatable bonds is 6. The van der Waals surface area contributed by atoms with E-state index in [-0.39, 0.29) is 0 Å². The molecule has 1 aromatic carbocycles. The van der Waals surface area contributed by atoms with Gasteiger partial charge in [-0.3, -0.25) is 0 Å². The van der Waals surface area contributed by atoms with E-state index in [9.17, 15) is 5.11 Å². The van der Waals surface area contributed by atoms with E-state index in [1.807, 2.05) is 12.1 Å². The molecule has 0 amide bonds. The number of phenolic OH excluding ortho intramolecular Hbond substituents is 1. The van der Waals surface area contributed by atoms with Gasteiger partial charge in [-0.05, 0) is 42.9 Å². The van der Waals surface area contributed by atoms with Crippen molar-refractivity contribution < 1.29 is 5.11 Å². The molecule has 0 aliphatic carbocycles. The first-order valence-electron chi connectivity index (χ1n) is 6.08. The molecular weight excluding hydrogens is 184 g/mol. The molecule has 0 aliphatic rings. The fourth-order valence-electron chi connectivity index (χ4n) is 1.74. The number of hydrogen-bond donors (Lipinski definition) is 1.